The number of rotatable bonds is 3. The second kappa shape index (κ2) is 4.99. The zero-order valence-corrected chi connectivity index (χ0v) is 9.73. The van der Waals surface area contributed by atoms with Crippen LogP contribution in [0.3, 0.4) is 0 Å². The number of benzene rings is 1. The van der Waals surface area contributed by atoms with Crippen molar-refractivity contribution in [2.75, 3.05) is 7.11 Å². The van der Waals surface area contributed by atoms with Gasteiger partial charge < -0.3 is 10.1 Å². The van der Waals surface area contributed by atoms with Crippen molar-refractivity contribution in [3.63, 3.8) is 0 Å². The van der Waals surface area contributed by atoms with E-state index in [1.165, 1.54) is 0 Å². The zero-order valence-electron chi connectivity index (χ0n) is 9.73. The predicted molar refractivity (Wildman–Crippen MR) is 63.1 cm³/mol. The summed E-state index contributed by atoms with van der Waals surface area (Å²) in [7, 11) is 1.58. The fourth-order valence-corrected chi connectivity index (χ4v) is 1.95. The van der Waals surface area contributed by atoms with Crippen LogP contribution in [0.5, 0.6) is 5.75 Å². The lowest BCUT2D eigenvalue weighted by atomic mass is 10.1. The minimum Gasteiger partial charge on any atom is -0.497 e. The molecule has 1 atom stereocenters. The molecule has 2 rings (SSSR count). The second-order valence-electron chi connectivity index (χ2n) is 4.11. The van der Waals surface area contributed by atoms with Gasteiger partial charge in [-0.1, -0.05) is 0 Å². The molecular formula is C13H15NO3. The average Bonchev–Trinajstić information content (AvgIpc) is 2.75. The molecule has 0 radical (unpaired) electrons. The molecule has 0 aromatic heterocycles. The van der Waals surface area contributed by atoms with Gasteiger partial charge in [0.25, 0.3) is 5.91 Å². The van der Waals surface area contributed by atoms with Crippen molar-refractivity contribution >= 4 is 11.7 Å². The maximum Gasteiger partial charge on any atom is 0.251 e. The van der Waals surface area contributed by atoms with E-state index in [0.29, 0.717) is 17.7 Å². The topological polar surface area (TPSA) is 55.4 Å². The van der Waals surface area contributed by atoms with Gasteiger partial charge >= 0.3 is 0 Å². The lowest BCUT2D eigenvalue weighted by Gasteiger charge is -2.10. The van der Waals surface area contributed by atoms with E-state index in [9.17, 15) is 9.59 Å². The van der Waals surface area contributed by atoms with E-state index in [1.807, 2.05) is 0 Å². The highest BCUT2D eigenvalue weighted by molar-refractivity contribution is 5.98. The standard InChI is InChI=1S/C13H15NO3/c1-17-10-7-5-9(6-8-10)13(16)14-11-3-2-4-12(11)15/h5-8,11H,2-4H2,1H3,(H,14,16). The lowest BCUT2D eigenvalue weighted by Crippen LogP contribution is -2.37. The Morgan fingerprint density at radius 2 is 2.06 bits per heavy atom. The first-order valence-electron chi connectivity index (χ1n) is 5.68. The molecule has 0 saturated heterocycles. The molecule has 90 valence electrons. The number of hydrogen-bond donors (Lipinski definition) is 1. The summed E-state index contributed by atoms with van der Waals surface area (Å²) in [5.41, 5.74) is 0.547. The predicted octanol–water partition coefficient (Wildman–Crippen LogP) is 1.55. The number of Topliss-reactive ketones (excluding diaryl/α,β-unsaturated/α-hetero) is 1. The van der Waals surface area contributed by atoms with Crippen LogP contribution >= 0.6 is 0 Å². The summed E-state index contributed by atoms with van der Waals surface area (Å²) in [5.74, 6) is 0.637. The molecule has 4 heteroatoms. The summed E-state index contributed by atoms with van der Waals surface area (Å²) >= 11 is 0. The molecule has 1 amide bonds. The highest BCUT2D eigenvalue weighted by Gasteiger charge is 2.25. The van der Waals surface area contributed by atoms with Crippen LogP contribution in [0.1, 0.15) is 29.6 Å². The Hall–Kier alpha value is -1.84. The summed E-state index contributed by atoms with van der Waals surface area (Å²) in [6, 6.07) is 6.53. The van der Waals surface area contributed by atoms with Gasteiger partial charge in [0.05, 0.1) is 13.2 Å². The van der Waals surface area contributed by atoms with Crippen molar-refractivity contribution in [3.05, 3.63) is 29.8 Å². The molecule has 1 fully saturated rings. The molecule has 4 nitrogen and oxygen atoms in total. The number of ketones is 1. The summed E-state index contributed by atoms with van der Waals surface area (Å²) in [4.78, 5) is 23.2. The Labute approximate surface area is 100.0 Å². The monoisotopic (exact) mass is 233 g/mol. The Kier molecular flexibility index (Phi) is 3.42. The smallest absolute Gasteiger partial charge is 0.251 e. The third kappa shape index (κ3) is 2.64. The fourth-order valence-electron chi connectivity index (χ4n) is 1.95. The van der Waals surface area contributed by atoms with E-state index < -0.39 is 0 Å². The number of amides is 1. The van der Waals surface area contributed by atoms with Crippen molar-refractivity contribution < 1.29 is 14.3 Å². The first kappa shape index (κ1) is 11.6. The molecule has 1 N–H and O–H groups in total. The maximum absolute atomic E-state index is 11.8. The number of methoxy groups -OCH3 is 1. The van der Waals surface area contributed by atoms with Gasteiger partial charge in [-0.2, -0.15) is 0 Å². The zero-order chi connectivity index (χ0) is 12.3. The minimum absolute atomic E-state index is 0.131. The Morgan fingerprint density at radius 1 is 1.35 bits per heavy atom. The molecule has 0 aliphatic heterocycles. The minimum atomic E-state index is -0.301. The molecule has 0 heterocycles. The summed E-state index contributed by atoms with van der Waals surface area (Å²) in [6.07, 6.45) is 2.20. The molecule has 1 aromatic rings. The van der Waals surface area contributed by atoms with Crippen LogP contribution in [-0.4, -0.2) is 24.8 Å². The first-order valence-corrected chi connectivity index (χ1v) is 5.68. The van der Waals surface area contributed by atoms with E-state index in [-0.39, 0.29) is 17.7 Å². The van der Waals surface area contributed by atoms with Crippen LogP contribution in [0.4, 0.5) is 0 Å². The summed E-state index contributed by atoms with van der Waals surface area (Å²) in [6.45, 7) is 0. The van der Waals surface area contributed by atoms with Gasteiger partial charge in [-0.25, -0.2) is 0 Å². The molecular weight excluding hydrogens is 218 g/mol. The largest absolute Gasteiger partial charge is 0.497 e. The molecule has 1 aliphatic rings. The van der Waals surface area contributed by atoms with Crippen molar-refractivity contribution in [2.45, 2.75) is 25.3 Å². The molecule has 17 heavy (non-hydrogen) atoms. The van der Waals surface area contributed by atoms with Crippen LogP contribution in [0, 0.1) is 0 Å². The summed E-state index contributed by atoms with van der Waals surface area (Å²) < 4.78 is 5.01. The quantitative estimate of drug-likeness (QED) is 0.861. The lowest BCUT2D eigenvalue weighted by molar-refractivity contribution is -0.118. The van der Waals surface area contributed by atoms with Crippen molar-refractivity contribution in [2.24, 2.45) is 0 Å². The third-order valence-corrected chi connectivity index (χ3v) is 2.96. The van der Waals surface area contributed by atoms with Crippen LogP contribution in [0.25, 0.3) is 0 Å². The van der Waals surface area contributed by atoms with Crippen molar-refractivity contribution in [3.8, 4) is 5.75 Å². The van der Waals surface area contributed by atoms with Gasteiger partial charge in [-0.05, 0) is 37.1 Å². The van der Waals surface area contributed by atoms with Crippen molar-refractivity contribution in [1.82, 2.24) is 5.32 Å². The number of hydrogen-bond acceptors (Lipinski definition) is 3. The molecule has 0 spiro atoms. The normalized spacial score (nSPS) is 19.1. The van der Waals surface area contributed by atoms with Crippen LogP contribution < -0.4 is 10.1 Å². The molecule has 1 saturated carbocycles. The summed E-state index contributed by atoms with van der Waals surface area (Å²) in [5, 5.41) is 2.75. The van der Waals surface area contributed by atoms with E-state index in [2.05, 4.69) is 5.32 Å². The Balaban J connectivity index is 2.01. The third-order valence-electron chi connectivity index (χ3n) is 2.96. The number of carbonyl (C=O) groups excluding carboxylic acids is 2. The molecule has 1 unspecified atom stereocenters. The number of ether oxygens (including phenoxy) is 1. The van der Waals surface area contributed by atoms with E-state index in [0.717, 1.165) is 12.8 Å². The Morgan fingerprint density at radius 3 is 2.59 bits per heavy atom. The van der Waals surface area contributed by atoms with Gasteiger partial charge in [0.2, 0.25) is 0 Å². The Bertz CT molecular complexity index is 425. The van der Waals surface area contributed by atoms with E-state index in [1.54, 1.807) is 31.4 Å². The molecule has 1 aromatic carbocycles. The highest BCUT2D eigenvalue weighted by Crippen LogP contribution is 2.16. The average molecular weight is 233 g/mol. The van der Waals surface area contributed by atoms with E-state index in [4.69, 9.17) is 4.74 Å². The van der Waals surface area contributed by atoms with Gasteiger partial charge in [0.1, 0.15) is 5.75 Å². The van der Waals surface area contributed by atoms with Crippen LogP contribution in [0.15, 0.2) is 24.3 Å². The van der Waals surface area contributed by atoms with Crippen LogP contribution in [0.2, 0.25) is 0 Å². The highest BCUT2D eigenvalue weighted by atomic mass is 16.5. The first-order chi connectivity index (χ1) is 8.20. The molecule has 1 aliphatic carbocycles. The maximum atomic E-state index is 11.8. The SMILES string of the molecule is COc1ccc(C(=O)NC2CCCC2=O)cc1. The van der Waals surface area contributed by atoms with Crippen molar-refractivity contribution in [1.29, 1.82) is 0 Å². The number of carbonyl (C=O) groups is 2. The van der Waals surface area contributed by atoms with Gasteiger partial charge in [-0.3, -0.25) is 9.59 Å². The second-order valence-corrected chi connectivity index (χ2v) is 4.11. The number of nitrogens with one attached hydrogen (secondary N) is 1. The van der Waals surface area contributed by atoms with Gasteiger partial charge in [0.15, 0.2) is 5.78 Å². The van der Waals surface area contributed by atoms with E-state index >= 15 is 0 Å². The van der Waals surface area contributed by atoms with Gasteiger partial charge in [0, 0.05) is 12.0 Å². The van der Waals surface area contributed by atoms with Gasteiger partial charge in [-0.15, -0.1) is 0 Å². The molecule has 0 bridgehead atoms. The fraction of sp³-hybridized carbons (Fsp3) is 0.385. The van der Waals surface area contributed by atoms with Crippen LogP contribution in [-0.2, 0) is 4.79 Å².